The molecular weight excluding hydrogens is 1290 g/mol. The van der Waals surface area contributed by atoms with Gasteiger partial charge in [0.25, 0.3) is 0 Å². The van der Waals surface area contributed by atoms with Crippen LogP contribution in [0.3, 0.4) is 0 Å². The van der Waals surface area contributed by atoms with Gasteiger partial charge >= 0.3 is 5.97 Å². The van der Waals surface area contributed by atoms with Crippen molar-refractivity contribution in [3.8, 4) is 0 Å². The second kappa shape index (κ2) is 28.8. The average molecular weight is 1400 g/mol. The Balaban J connectivity index is 0.772. The van der Waals surface area contributed by atoms with Crippen LogP contribution >= 0.6 is 0 Å². The molecule has 38 atom stereocenters. The van der Waals surface area contributed by atoms with Crippen LogP contribution in [-0.4, -0.2) is 327 Å². The van der Waals surface area contributed by atoms with Gasteiger partial charge in [-0.2, -0.15) is 0 Å². The standard InChI is InChI=1S/C65H106O32/c1-25-36(71)51(95-55-48(83)44(79)50(31(21-68)91-55)94-54-46(81)42(77)39(74)30(20-67)90-54)49(84)57(88-25)96-52-37(72)28(70)22-86-58(52)93-35-11-12-61(4)33(62(35,5)24-69)10-13-64(7)34(61)9-8-26-27-18-60(2,3)14-16-65(27,17-15-63(26,64)6)59(85)97-56-47(82)43(78)40(75)32(92-56)23-87-53-45(80)41(76)38(73)29(19-66)89-53/h8,25,27-58,66-84H,9-24H2,1-7H3/t25-,27?,28-,29-,30-,31-,32-,33?,34?,35?,36-,37+,38-,39-,40-,41+,42+,43+,44-,45-,46-,47-,48-,49-,50-,51-,52-,53-,54+,55+,56+,57+,58+,61?,62?,63?,64?,65?/m1/s1. The average Bonchev–Trinajstić information content (AvgIpc) is 0.675. The zero-order valence-corrected chi connectivity index (χ0v) is 55.7. The number of carbonyl (C=O) groups excluding carboxylic acids is 1. The smallest absolute Gasteiger partial charge is 0.315 e. The lowest BCUT2D eigenvalue weighted by Crippen LogP contribution is -2.67. The van der Waals surface area contributed by atoms with Crippen molar-refractivity contribution in [2.45, 2.75) is 297 Å². The van der Waals surface area contributed by atoms with E-state index in [4.69, 9.17) is 56.8 Å². The molecule has 32 heteroatoms. The van der Waals surface area contributed by atoms with Gasteiger partial charge in [0, 0.05) is 5.41 Å². The lowest BCUT2D eigenvalue weighted by molar-refractivity contribution is -0.390. The van der Waals surface area contributed by atoms with E-state index >= 15 is 4.79 Å². The number of ether oxygens (including phenoxy) is 12. The van der Waals surface area contributed by atoms with Crippen molar-refractivity contribution in [1.82, 2.24) is 0 Å². The Morgan fingerprint density at radius 1 is 0.495 bits per heavy atom. The molecule has 0 spiro atoms. The van der Waals surface area contributed by atoms with E-state index in [1.807, 2.05) is 6.92 Å². The predicted octanol–water partition coefficient (Wildman–Crippen LogP) is -5.75. The molecular formula is C65H106O32. The zero-order valence-electron chi connectivity index (χ0n) is 55.7. The second-order valence-corrected chi connectivity index (χ2v) is 31.3. The molecule has 5 aliphatic carbocycles. The van der Waals surface area contributed by atoms with E-state index in [1.54, 1.807) is 0 Å². The molecule has 9 unspecified atom stereocenters. The molecule has 0 bridgehead atoms. The van der Waals surface area contributed by atoms with Gasteiger partial charge in [-0.3, -0.25) is 4.79 Å². The van der Waals surface area contributed by atoms with Crippen LogP contribution in [0.15, 0.2) is 11.6 Å². The van der Waals surface area contributed by atoms with Gasteiger partial charge in [-0.1, -0.05) is 53.2 Å². The van der Waals surface area contributed by atoms with Gasteiger partial charge in [-0.15, -0.1) is 0 Å². The van der Waals surface area contributed by atoms with Crippen molar-refractivity contribution in [3.05, 3.63) is 11.6 Å². The molecule has 6 aliphatic heterocycles. The Morgan fingerprint density at radius 2 is 1.03 bits per heavy atom. The maximum absolute atomic E-state index is 15.2. The molecule has 0 radical (unpaired) electrons. The summed E-state index contributed by atoms with van der Waals surface area (Å²) >= 11 is 0. The lowest BCUT2D eigenvalue weighted by Gasteiger charge is -2.71. The first-order chi connectivity index (χ1) is 45.6. The Bertz CT molecular complexity index is 2710. The quantitative estimate of drug-likeness (QED) is 0.0366. The van der Waals surface area contributed by atoms with E-state index < -0.39 is 245 Å². The summed E-state index contributed by atoms with van der Waals surface area (Å²) in [5.74, 6) is -1.05. The first kappa shape index (κ1) is 76.1. The number of allylic oxidation sites excluding steroid dienone is 2. The minimum absolute atomic E-state index is 0.0526. The number of fused-ring (bicyclic) bond motifs is 7. The van der Waals surface area contributed by atoms with Crippen LogP contribution in [0.25, 0.3) is 0 Å². The Hall–Kier alpha value is -1.99. The third-order valence-corrected chi connectivity index (χ3v) is 25.3. The molecule has 6 saturated heterocycles. The molecule has 558 valence electrons. The summed E-state index contributed by atoms with van der Waals surface area (Å²) in [7, 11) is 0. The molecule has 0 aromatic carbocycles. The predicted molar refractivity (Wildman–Crippen MR) is 322 cm³/mol. The normalized spacial score (nSPS) is 54.7. The minimum atomic E-state index is -2.06. The molecule has 0 amide bonds. The number of hydrogen-bond donors (Lipinski definition) is 19. The van der Waals surface area contributed by atoms with E-state index in [0.717, 1.165) is 12.0 Å². The van der Waals surface area contributed by atoms with Gasteiger partial charge < -0.3 is 154 Å². The molecule has 6 heterocycles. The monoisotopic (exact) mass is 1400 g/mol. The summed E-state index contributed by atoms with van der Waals surface area (Å²) in [6, 6.07) is 0. The Kier molecular flexibility index (Phi) is 22.6. The number of aliphatic hydroxyl groups excluding tert-OH is 19. The SMILES string of the molecule is C[C@H]1O[C@@H](O[C@H]2[C@H](OC3CCC4(C)C(CCC5(C)C4CC=C4C6CC(C)(C)CCC6(C(=O)O[C@@H]6O[C@H](CO[C@@H]7O[C@H](CO)[C@@H](O)[C@H](O)[C@H]7O)[C@@H](O)[C@H](O)[C@H]6O)CCC45C)C3(C)CO)OC[C@@H](O)[C@@H]2O)[C@H](O)[C@H](O[C@@H]2O[C@H](CO)[C@@H](O[C@@H]3O[C@H](CO)[C@@H](O)[C@H](O)[C@H]3O)[C@H](O)[C@H]2O)[C@@H]1O. The fourth-order valence-corrected chi connectivity index (χ4v) is 19.0. The van der Waals surface area contributed by atoms with Gasteiger partial charge in [0.15, 0.2) is 31.5 Å². The number of aliphatic hydroxyl groups is 19. The van der Waals surface area contributed by atoms with Gasteiger partial charge in [-0.25, -0.2) is 0 Å². The Labute approximate surface area is 561 Å². The number of carbonyl (C=O) groups is 1. The van der Waals surface area contributed by atoms with E-state index in [2.05, 4.69) is 40.7 Å². The van der Waals surface area contributed by atoms with E-state index in [1.165, 1.54) is 6.92 Å². The first-order valence-electron chi connectivity index (χ1n) is 34.3. The van der Waals surface area contributed by atoms with Crippen molar-refractivity contribution < 1.29 is 159 Å². The van der Waals surface area contributed by atoms with Crippen LogP contribution in [0.2, 0.25) is 0 Å². The summed E-state index contributed by atoms with van der Waals surface area (Å²) < 4.78 is 71.2. The fourth-order valence-electron chi connectivity index (χ4n) is 19.0. The molecule has 4 saturated carbocycles. The zero-order chi connectivity index (χ0) is 70.7. The van der Waals surface area contributed by atoms with Crippen molar-refractivity contribution in [2.75, 3.05) is 39.6 Å². The fraction of sp³-hybridized carbons (Fsp3) is 0.954. The maximum Gasteiger partial charge on any atom is 0.315 e. The van der Waals surface area contributed by atoms with Crippen LogP contribution in [0, 0.1) is 50.2 Å². The molecule has 10 fully saturated rings. The van der Waals surface area contributed by atoms with Crippen LogP contribution in [-0.2, 0) is 61.6 Å². The maximum atomic E-state index is 15.2. The van der Waals surface area contributed by atoms with Crippen LogP contribution < -0.4 is 0 Å². The summed E-state index contributed by atoms with van der Waals surface area (Å²) in [6.45, 7) is 10.9. The topological polar surface area (TPSA) is 512 Å². The molecule has 11 aliphatic rings. The van der Waals surface area contributed by atoms with Crippen molar-refractivity contribution in [3.63, 3.8) is 0 Å². The van der Waals surface area contributed by atoms with Gasteiger partial charge in [0.1, 0.15) is 134 Å². The highest BCUT2D eigenvalue weighted by Crippen LogP contribution is 2.76. The van der Waals surface area contributed by atoms with Crippen LogP contribution in [0.1, 0.15) is 113 Å². The van der Waals surface area contributed by atoms with E-state index in [-0.39, 0.29) is 35.2 Å². The van der Waals surface area contributed by atoms with Crippen molar-refractivity contribution >= 4 is 5.97 Å². The largest absolute Gasteiger partial charge is 0.432 e. The molecule has 32 nitrogen and oxygen atoms in total. The summed E-state index contributed by atoms with van der Waals surface area (Å²) in [5, 5.41) is 206. The minimum Gasteiger partial charge on any atom is -0.432 e. The highest BCUT2D eigenvalue weighted by Gasteiger charge is 2.71. The third kappa shape index (κ3) is 13.2. The molecule has 97 heavy (non-hydrogen) atoms. The van der Waals surface area contributed by atoms with E-state index in [0.29, 0.717) is 57.8 Å². The highest BCUT2D eigenvalue weighted by molar-refractivity contribution is 5.79. The first-order valence-corrected chi connectivity index (χ1v) is 34.3. The molecule has 11 rings (SSSR count). The third-order valence-electron chi connectivity index (χ3n) is 25.3. The van der Waals surface area contributed by atoms with Crippen molar-refractivity contribution in [2.24, 2.45) is 50.2 Å². The van der Waals surface area contributed by atoms with Gasteiger partial charge in [0.2, 0.25) is 6.29 Å². The van der Waals surface area contributed by atoms with Gasteiger partial charge in [0.05, 0.1) is 57.3 Å². The Morgan fingerprint density at radius 3 is 1.66 bits per heavy atom. The number of esters is 1. The second-order valence-electron chi connectivity index (χ2n) is 31.3. The summed E-state index contributed by atoms with van der Waals surface area (Å²) in [6.07, 6.45) is -42.2. The summed E-state index contributed by atoms with van der Waals surface area (Å²) in [4.78, 5) is 15.2. The highest BCUT2D eigenvalue weighted by atomic mass is 16.8. The molecule has 0 aromatic heterocycles. The van der Waals surface area contributed by atoms with Gasteiger partial charge in [-0.05, 0) is 111 Å². The lowest BCUT2D eigenvalue weighted by atomic mass is 9.33. The number of hydrogen-bond acceptors (Lipinski definition) is 32. The molecule has 19 N–H and O–H groups in total. The number of rotatable bonds is 17. The molecule has 0 aromatic rings. The van der Waals surface area contributed by atoms with Crippen LogP contribution in [0.4, 0.5) is 0 Å². The summed E-state index contributed by atoms with van der Waals surface area (Å²) in [5.41, 5.74) is -2.30. The van der Waals surface area contributed by atoms with Crippen molar-refractivity contribution in [1.29, 1.82) is 0 Å². The van der Waals surface area contributed by atoms with E-state index in [9.17, 15) is 97.0 Å². The van der Waals surface area contributed by atoms with Crippen LogP contribution in [0.5, 0.6) is 0 Å².